The normalized spacial score (nSPS) is 25.9. The van der Waals surface area contributed by atoms with Crippen LogP contribution in [0.4, 0.5) is 5.69 Å². The van der Waals surface area contributed by atoms with Crippen LogP contribution in [0.1, 0.15) is 27.4 Å². The summed E-state index contributed by atoms with van der Waals surface area (Å²) in [6.07, 6.45) is 0. The number of nitrogens with one attached hydrogen (secondary N) is 2. The minimum Gasteiger partial charge on any atom is -0.468 e. The van der Waals surface area contributed by atoms with Gasteiger partial charge in [-0.3, -0.25) is 19.7 Å². The molecule has 2 aliphatic heterocycles. The molecule has 0 radical (unpaired) electrons. The molecule has 0 aliphatic carbocycles. The van der Waals surface area contributed by atoms with Gasteiger partial charge in [-0.25, -0.2) is 0 Å². The highest BCUT2D eigenvalue weighted by molar-refractivity contribution is 6.13. The summed E-state index contributed by atoms with van der Waals surface area (Å²) in [5.74, 6) is -2.53. The Bertz CT molecular complexity index is 1190. The van der Waals surface area contributed by atoms with Crippen molar-refractivity contribution in [2.45, 2.75) is 17.5 Å². The summed E-state index contributed by atoms with van der Waals surface area (Å²) in [4.78, 5) is 40.5. The minimum atomic E-state index is -1.40. The Hall–Kier alpha value is -3.77. The molecule has 0 bridgehead atoms. The number of ether oxygens (including phenoxy) is 1. The van der Waals surface area contributed by atoms with E-state index in [4.69, 9.17) is 4.74 Å². The predicted molar refractivity (Wildman–Crippen MR) is 119 cm³/mol. The van der Waals surface area contributed by atoms with Gasteiger partial charge in [0, 0.05) is 22.7 Å². The first kappa shape index (κ1) is 20.2. The Labute approximate surface area is 185 Å². The number of benzene rings is 3. The Balaban J connectivity index is 1.77. The summed E-state index contributed by atoms with van der Waals surface area (Å²) in [7, 11) is 1.31. The number of Topliss-reactive ketones (excluding diaryl/α,β-unsaturated/α-hetero) is 1. The number of hydrogen-bond donors (Lipinski definition) is 2. The third kappa shape index (κ3) is 2.87. The van der Waals surface area contributed by atoms with Crippen molar-refractivity contribution in [3.8, 4) is 0 Å². The molecule has 1 spiro atoms. The lowest BCUT2D eigenvalue weighted by atomic mass is 9.69. The number of rotatable bonds is 4. The lowest BCUT2D eigenvalue weighted by Gasteiger charge is -2.31. The van der Waals surface area contributed by atoms with Crippen molar-refractivity contribution in [3.63, 3.8) is 0 Å². The molecule has 0 aromatic heterocycles. The van der Waals surface area contributed by atoms with Crippen molar-refractivity contribution >= 4 is 23.3 Å². The lowest BCUT2D eigenvalue weighted by molar-refractivity contribution is -0.143. The fourth-order valence-electron chi connectivity index (χ4n) is 5.15. The third-order valence-electron chi connectivity index (χ3n) is 6.51. The van der Waals surface area contributed by atoms with Gasteiger partial charge in [0.15, 0.2) is 5.78 Å². The molecule has 2 N–H and O–H groups in total. The second-order valence-corrected chi connectivity index (χ2v) is 8.10. The maximum Gasteiger partial charge on any atom is 0.323 e. The van der Waals surface area contributed by atoms with Crippen LogP contribution >= 0.6 is 0 Å². The summed E-state index contributed by atoms with van der Waals surface area (Å²) in [5, 5.41) is 6.18. The van der Waals surface area contributed by atoms with E-state index >= 15 is 0 Å². The number of esters is 1. The highest BCUT2D eigenvalue weighted by atomic mass is 16.5. The standard InChI is InChI=1S/C26H22N2O4/c1-32-24(30)22-20(16-10-4-2-5-11-16)21(23(29)17-12-6-3-7-13-17)26(28-22)18-14-8-9-15-19(18)27-25(26)31/h2-15,20-22,28H,1H3,(H,27,31)/t20-,21+,22-,26-/m0/s1. The van der Waals surface area contributed by atoms with Crippen LogP contribution < -0.4 is 10.6 Å². The van der Waals surface area contributed by atoms with Gasteiger partial charge >= 0.3 is 5.97 Å². The van der Waals surface area contributed by atoms with Crippen molar-refractivity contribution in [1.29, 1.82) is 0 Å². The second-order valence-electron chi connectivity index (χ2n) is 8.10. The van der Waals surface area contributed by atoms with E-state index in [0.29, 0.717) is 16.8 Å². The van der Waals surface area contributed by atoms with Crippen LogP contribution in [0.25, 0.3) is 0 Å². The van der Waals surface area contributed by atoms with Gasteiger partial charge in [-0.05, 0) is 11.6 Å². The van der Waals surface area contributed by atoms with E-state index in [0.717, 1.165) is 5.56 Å². The smallest absolute Gasteiger partial charge is 0.323 e. The number of hydrogen-bond acceptors (Lipinski definition) is 5. The number of carbonyl (C=O) groups is 3. The Morgan fingerprint density at radius 3 is 2.19 bits per heavy atom. The largest absolute Gasteiger partial charge is 0.468 e. The number of amides is 1. The zero-order valence-corrected chi connectivity index (χ0v) is 17.4. The summed E-state index contributed by atoms with van der Waals surface area (Å²) in [6, 6.07) is 24.7. The van der Waals surface area contributed by atoms with Crippen LogP contribution in [0, 0.1) is 5.92 Å². The van der Waals surface area contributed by atoms with Gasteiger partial charge in [0.1, 0.15) is 11.6 Å². The minimum absolute atomic E-state index is 0.204. The van der Waals surface area contributed by atoms with Gasteiger partial charge in [0.2, 0.25) is 5.91 Å². The molecule has 0 unspecified atom stereocenters. The van der Waals surface area contributed by atoms with Gasteiger partial charge in [-0.15, -0.1) is 0 Å². The molecule has 1 amide bonds. The molecule has 3 aromatic carbocycles. The van der Waals surface area contributed by atoms with Gasteiger partial charge in [-0.1, -0.05) is 78.9 Å². The van der Waals surface area contributed by atoms with Crippen molar-refractivity contribution < 1.29 is 19.1 Å². The van der Waals surface area contributed by atoms with Crippen LogP contribution in [-0.2, 0) is 19.9 Å². The zero-order chi connectivity index (χ0) is 22.3. The van der Waals surface area contributed by atoms with E-state index in [2.05, 4.69) is 10.6 Å². The number of anilines is 1. The maximum absolute atomic E-state index is 14.0. The van der Waals surface area contributed by atoms with Crippen molar-refractivity contribution in [3.05, 3.63) is 102 Å². The highest BCUT2D eigenvalue weighted by Crippen LogP contribution is 2.53. The third-order valence-corrected chi connectivity index (χ3v) is 6.51. The van der Waals surface area contributed by atoms with E-state index < -0.39 is 29.4 Å². The van der Waals surface area contributed by atoms with Crippen molar-refractivity contribution in [2.24, 2.45) is 5.92 Å². The Morgan fingerprint density at radius 1 is 0.875 bits per heavy atom. The molecule has 160 valence electrons. The van der Waals surface area contributed by atoms with Gasteiger partial charge in [-0.2, -0.15) is 0 Å². The average Bonchev–Trinajstić information content (AvgIpc) is 3.35. The molecular weight excluding hydrogens is 404 g/mol. The van der Waals surface area contributed by atoms with E-state index in [9.17, 15) is 14.4 Å². The quantitative estimate of drug-likeness (QED) is 0.494. The number of para-hydroxylation sites is 1. The molecule has 1 saturated heterocycles. The summed E-state index contributed by atoms with van der Waals surface area (Å²) < 4.78 is 5.10. The van der Waals surface area contributed by atoms with Gasteiger partial charge in [0.25, 0.3) is 0 Å². The van der Waals surface area contributed by atoms with Gasteiger partial charge < -0.3 is 10.1 Å². The fourth-order valence-corrected chi connectivity index (χ4v) is 5.15. The first-order valence-electron chi connectivity index (χ1n) is 10.5. The van der Waals surface area contributed by atoms with Gasteiger partial charge in [0.05, 0.1) is 13.0 Å². The fraction of sp³-hybridized carbons (Fsp3) is 0.192. The molecule has 32 heavy (non-hydrogen) atoms. The number of carbonyl (C=O) groups excluding carboxylic acids is 3. The molecule has 2 aliphatic rings. The maximum atomic E-state index is 14.0. The van der Waals surface area contributed by atoms with Crippen LogP contribution in [0.3, 0.4) is 0 Å². The van der Waals surface area contributed by atoms with Crippen molar-refractivity contribution in [2.75, 3.05) is 12.4 Å². The molecule has 2 heterocycles. The van der Waals surface area contributed by atoms with E-state index in [1.807, 2.05) is 54.6 Å². The van der Waals surface area contributed by atoms with E-state index in [1.54, 1.807) is 30.3 Å². The molecule has 0 saturated carbocycles. The number of fused-ring (bicyclic) bond motifs is 2. The summed E-state index contributed by atoms with van der Waals surface area (Å²) in [6.45, 7) is 0. The zero-order valence-electron chi connectivity index (χ0n) is 17.4. The van der Waals surface area contributed by atoms with Crippen LogP contribution in [0.5, 0.6) is 0 Å². The highest BCUT2D eigenvalue weighted by Gasteiger charge is 2.66. The molecular formula is C26H22N2O4. The molecule has 6 heteroatoms. The second kappa shape index (κ2) is 7.73. The average molecular weight is 426 g/mol. The Morgan fingerprint density at radius 2 is 1.50 bits per heavy atom. The van der Waals surface area contributed by atoms with Crippen LogP contribution in [0.15, 0.2) is 84.9 Å². The van der Waals surface area contributed by atoms with Crippen LogP contribution in [-0.4, -0.2) is 30.8 Å². The van der Waals surface area contributed by atoms with E-state index in [1.165, 1.54) is 7.11 Å². The number of ketones is 1. The van der Waals surface area contributed by atoms with Crippen LogP contribution in [0.2, 0.25) is 0 Å². The molecule has 6 nitrogen and oxygen atoms in total. The SMILES string of the molecule is COC(=O)[C@H]1N[C@]2(C(=O)Nc3ccccc32)[C@@H](C(=O)c2ccccc2)[C@@H]1c1ccccc1. The Kier molecular flexibility index (Phi) is 4.87. The first-order chi connectivity index (χ1) is 15.6. The monoisotopic (exact) mass is 426 g/mol. The van der Waals surface area contributed by atoms with E-state index in [-0.39, 0.29) is 11.7 Å². The topological polar surface area (TPSA) is 84.5 Å². The number of methoxy groups -OCH3 is 1. The molecule has 1 fully saturated rings. The summed E-state index contributed by atoms with van der Waals surface area (Å²) in [5.41, 5.74) is 1.17. The first-order valence-corrected chi connectivity index (χ1v) is 10.5. The predicted octanol–water partition coefficient (Wildman–Crippen LogP) is 3.26. The summed E-state index contributed by atoms with van der Waals surface area (Å²) >= 11 is 0. The molecule has 5 rings (SSSR count). The lowest BCUT2D eigenvalue weighted by Crippen LogP contribution is -2.52. The molecule has 4 atom stereocenters. The molecule has 3 aromatic rings. The van der Waals surface area contributed by atoms with Crippen molar-refractivity contribution in [1.82, 2.24) is 5.32 Å².